The molecule has 0 fully saturated rings. The third kappa shape index (κ3) is 1.84. The van der Waals surface area contributed by atoms with Crippen LogP contribution in [0.25, 0.3) is 0 Å². The average Bonchev–Trinajstić information content (AvgIpc) is 2.51. The van der Waals surface area contributed by atoms with Gasteiger partial charge in [0, 0.05) is 0 Å². The van der Waals surface area contributed by atoms with Gasteiger partial charge < -0.3 is 4.74 Å². The maximum absolute atomic E-state index is 13.2. The SMILES string of the molecule is O=C1c2c(S(=O)(=O)C(F)(F)F)ccc(F)c2OC1(F)F. The van der Waals surface area contributed by atoms with Crippen molar-refractivity contribution in [2.24, 2.45) is 0 Å². The van der Waals surface area contributed by atoms with Gasteiger partial charge in [-0.25, -0.2) is 12.8 Å². The van der Waals surface area contributed by atoms with Crippen LogP contribution < -0.4 is 4.74 Å². The van der Waals surface area contributed by atoms with Crippen molar-refractivity contribution in [3.8, 4) is 5.75 Å². The third-order valence-corrected chi connectivity index (χ3v) is 3.92. The van der Waals surface area contributed by atoms with E-state index >= 15 is 0 Å². The van der Waals surface area contributed by atoms with Gasteiger partial charge in [-0.05, 0) is 12.1 Å². The summed E-state index contributed by atoms with van der Waals surface area (Å²) in [6.45, 7) is 0. The quantitative estimate of drug-likeness (QED) is 0.588. The van der Waals surface area contributed by atoms with Gasteiger partial charge in [-0.15, -0.1) is 0 Å². The van der Waals surface area contributed by atoms with Gasteiger partial charge in [-0.1, -0.05) is 0 Å². The molecule has 2 rings (SSSR count). The van der Waals surface area contributed by atoms with E-state index in [9.17, 15) is 39.6 Å². The molecule has 0 radical (unpaired) electrons. The summed E-state index contributed by atoms with van der Waals surface area (Å²) in [5.74, 6) is -5.45. The highest BCUT2D eigenvalue weighted by atomic mass is 32.2. The van der Waals surface area contributed by atoms with Crippen LogP contribution in [-0.2, 0) is 9.84 Å². The summed E-state index contributed by atoms with van der Waals surface area (Å²) in [6.07, 6.45) is -4.62. The molecule has 0 saturated carbocycles. The van der Waals surface area contributed by atoms with E-state index in [0.717, 1.165) is 0 Å². The molecule has 11 heteroatoms. The number of alkyl halides is 5. The number of fused-ring (bicyclic) bond motifs is 1. The van der Waals surface area contributed by atoms with Crippen LogP contribution in [0.5, 0.6) is 5.75 Å². The van der Waals surface area contributed by atoms with E-state index in [2.05, 4.69) is 4.74 Å². The van der Waals surface area contributed by atoms with Crippen LogP contribution in [0.3, 0.4) is 0 Å². The van der Waals surface area contributed by atoms with Gasteiger partial charge in [-0.2, -0.15) is 22.0 Å². The Morgan fingerprint density at radius 2 is 1.70 bits per heavy atom. The van der Waals surface area contributed by atoms with Crippen LogP contribution in [0.4, 0.5) is 26.3 Å². The van der Waals surface area contributed by atoms with Crippen LogP contribution in [0.2, 0.25) is 0 Å². The maximum atomic E-state index is 13.2. The van der Waals surface area contributed by atoms with Crippen LogP contribution in [0.15, 0.2) is 17.0 Å². The van der Waals surface area contributed by atoms with E-state index in [4.69, 9.17) is 0 Å². The number of ether oxygens (including phenoxy) is 1. The summed E-state index contributed by atoms with van der Waals surface area (Å²) in [7, 11) is -6.10. The van der Waals surface area contributed by atoms with Crippen molar-refractivity contribution in [2.45, 2.75) is 16.5 Å². The van der Waals surface area contributed by atoms with Crippen molar-refractivity contribution in [3.63, 3.8) is 0 Å². The molecule has 1 heterocycles. The molecule has 0 unspecified atom stereocenters. The number of halogens is 6. The highest BCUT2D eigenvalue weighted by molar-refractivity contribution is 7.92. The molecule has 1 aromatic carbocycles. The van der Waals surface area contributed by atoms with Crippen molar-refractivity contribution >= 4 is 15.6 Å². The molecule has 1 aromatic rings. The number of rotatable bonds is 1. The van der Waals surface area contributed by atoms with E-state index in [1.54, 1.807) is 0 Å². The Kier molecular flexibility index (Phi) is 2.83. The lowest BCUT2D eigenvalue weighted by atomic mass is 10.1. The predicted molar refractivity (Wildman–Crippen MR) is 49.5 cm³/mol. The zero-order valence-corrected chi connectivity index (χ0v) is 9.78. The summed E-state index contributed by atoms with van der Waals surface area (Å²) in [5.41, 5.74) is -7.48. The van der Waals surface area contributed by atoms with Crippen molar-refractivity contribution in [1.29, 1.82) is 0 Å². The summed E-state index contributed by atoms with van der Waals surface area (Å²) in [5, 5.41) is 0. The fraction of sp³-hybridized carbons (Fsp3) is 0.222. The number of benzene rings is 1. The minimum Gasteiger partial charge on any atom is -0.422 e. The van der Waals surface area contributed by atoms with Gasteiger partial charge in [0.2, 0.25) is 0 Å². The summed E-state index contributed by atoms with van der Waals surface area (Å²) in [4.78, 5) is 9.42. The van der Waals surface area contributed by atoms with Gasteiger partial charge in [0.1, 0.15) is 0 Å². The number of hydrogen-bond donors (Lipinski definition) is 0. The summed E-state index contributed by atoms with van der Waals surface area (Å²) >= 11 is 0. The molecular weight excluding hydrogens is 318 g/mol. The van der Waals surface area contributed by atoms with Gasteiger partial charge >= 0.3 is 11.6 Å². The highest BCUT2D eigenvalue weighted by Gasteiger charge is 2.57. The fourth-order valence-electron chi connectivity index (χ4n) is 1.52. The second-order valence-corrected chi connectivity index (χ2v) is 5.56. The van der Waals surface area contributed by atoms with Crippen LogP contribution in [0.1, 0.15) is 10.4 Å². The van der Waals surface area contributed by atoms with E-state index in [1.807, 2.05) is 0 Å². The van der Waals surface area contributed by atoms with Crippen LogP contribution >= 0.6 is 0 Å². The molecule has 0 spiro atoms. The fourth-order valence-corrected chi connectivity index (χ4v) is 2.47. The lowest BCUT2D eigenvalue weighted by Gasteiger charge is -2.10. The molecule has 1 aliphatic heterocycles. The van der Waals surface area contributed by atoms with Crippen molar-refractivity contribution in [3.05, 3.63) is 23.5 Å². The Balaban J connectivity index is 2.81. The Bertz CT molecular complexity index is 706. The zero-order chi connectivity index (χ0) is 15.5. The molecular formula is C9H2F6O4S. The van der Waals surface area contributed by atoms with Crippen molar-refractivity contribution < 1.29 is 44.3 Å². The van der Waals surface area contributed by atoms with Gasteiger partial charge in [0.05, 0.1) is 10.5 Å². The summed E-state index contributed by atoms with van der Waals surface area (Å²) < 4.78 is 102. The monoisotopic (exact) mass is 320 g/mol. The van der Waals surface area contributed by atoms with Crippen LogP contribution in [0, 0.1) is 5.82 Å². The first-order valence-corrected chi connectivity index (χ1v) is 6.13. The molecule has 0 saturated heterocycles. The van der Waals surface area contributed by atoms with E-state index < -0.39 is 49.3 Å². The van der Waals surface area contributed by atoms with Crippen molar-refractivity contribution in [1.82, 2.24) is 0 Å². The topological polar surface area (TPSA) is 60.4 Å². The van der Waals surface area contributed by atoms with Crippen molar-refractivity contribution in [2.75, 3.05) is 0 Å². The van der Waals surface area contributed by atoms with Gasteiger partial charge in [-0.3, -0.25) is 4.79 Å². The highest BCUT2D eigenvalue weighted by Crippen LogP contribution is 2.44. The molecule has 20 heavy (non-hydrogen) atoms. The largest absolute Gasteiger partial charge is 0.501 e. The Labute approximate surface area is 106 Å². The number of sulfone groups is 1. The Hall–Kier alpha value is -1.78. The van der Waals surface area contributed by atoms with Gasteiger partial charge in [0.25, 0.3) is 15.6 Å². The first-order chi connectivity index (χ1) is 8.89. The lowest BCUT2D eigenvalue weighted by Crippen LogP contribution is -2.30. The molecule has 0 N–H and O–H groups in total. The first-order valence-electron chi connectivity index (χ1n) is 4.65. The first kappa shape index (κ1) is 14.6. The molecule has 110 valence electrons. The Morgan fingerprint density at radius 1 is 1.15 bits per heavy atom. The minimum atomic E-state index is -6.10. The molecule has 0 bridgehead atoms. The van der Waals surface area contributed by atoms with E-state index in [-0.39, 0.29) is 12.1 Å². The molecule has 0 aliphatic carbocycles. The van der Waals surface area contributed by atoms with E-state index in [1.165, 1.54) is 0 Å². The molecule has 4 nitrogen and oxygen atoms in total. The number of hydrogen-bond acceptors (Lipinski definition) is 4. The lowest BCUT2D eigenvalue weighted by molar-refractivity contribution is -0.125. The predicted octanol–water partition coefficient (Wildman–Crippen LogP) is 2.29. The normalized spacial score (nSPS) is 17.8. The Morgan fingerprint density at radius 3 is 2.20 bits per heavy atom. The standard InChI is InChI=1S/C9H2F6O4S/c10-3-1-2-4(20(17,18)9(13,14)15)5-6(3)19-8(11,12)7(5)16/h1-2H. The number of ketones is 1. The van der Waals surface area contributed by atoms with Crippen LogP contribution in [-0.4, -0.2) is 25.8 Å². The van der Waals surface area contributed by atoms with Gasteiger partial charge in [0.15, 0.2) is 11.6 Å². The molecule has 0 amide bonds. The summed E-state index contributed by atoms with van der Waals surface area (Å²) in [6, 6.07) is 0.270. The number of carbonyl (C=O) groups is 1. The van der Waals surface area contributed by atoms with E-state index in [0.29, 0.717) is 0 Å². The third-order valence-electron chi connectivity index (χ3n) is 2.39. The molecule has 1 aliphatic rings. The second kappa shape index (κ2) is 3.87. The zero-order valence-electron chi connectivity index (χ0n) is 8.96. The second-order valence-electron chi connectivity index (χ2n) is 3.65. The maximum Gasteiger partial charge on any atom is 0.501 e. The minimum absolute atomic E-state index is 0.0830. The average molecular weight is 320 g/mol. The number of Topliss-reactive ketones (excluding diaryl/α,β-unsaturated/α-hetero) is 1. The molecule has 0 atom stereocenters. The smallest absolute Gasteiger partial charge is 0.422 e. The molecule has 0 aromatic heterocycles. The number of carbonyl (C=O) groups excluding carboxylic acids is 1.